The summed E-state index contributed by atoms with van der Waals surface area (Å²) < 4.78 is 14.9. The fourth-order valence-electron chi connectivity index (χ4n) is 19.8. The predicted octanol–water partition coefficient (Wildman–Crippen LogP) is 22.9. The number of furan rings is 2. The molecule has 5 heteroatoms. The first-order chi connectivity index (χ1) is 49.8. The summed E-state index contributed by atoms with van der Waals surface area (Å²) in [6.45, 7) is 6.84. The van der Waals surface area contributed by atoms with Gasteiger partial charge in [0.25, 0.3) is 6.71 Å². The predicted molar refractivity (Wildman–Crippen MR) is 417 cm³/mol. The van der Waals surface area contributed by atoms with Crippen LogP contribution in [0.5, 0.6) is 0 Å². The molecule has 0 N–H and O–H groups in total. The van der Waals surface area contributed by atoms with Crippen molar-refractivity contribution < 1.29 is 8.83 Å². The average molecular weight is 1290 g/mol. The van der Waals surface area contributed by atoms with E-state index >= 15 is 0 Å². The third kappa shape index (κ3) is 6.96. The van der Waals surface area contributed by atoms with E-state index in [0.717, 1.165) is 111 Å². The van der Waals surface area contributed by atoms with Gasteiger partial charge in [0.05, 0.1) is 33.6 Å². The SMILES string of the molecule is CC(C)(C)c1cc2c3c(c1)N(c1ccccc1-c1ccc4c(c1)C1(c5ccccc5-c5ccccc51)c1ccccc1-4)c1c(ccc4c1oc1ccccc14)B3c1ccc3c(oc4ccccc43)c1N2c1ccccc1-c1ccc2c(c1)C1(c3ccccc3-c3ccccc31)c1ccccc1-2. The molecule has 101 heavy (non-hydrogen) atoms. The summed E-state index contributed by atoms with van der Waals surface area (Å²) in [5, 5.41) is 4.34. The zero-order valence-electron chi connectivity index (χ0n) is 55.8. The monoisotopic (exact) mass is 1280 g/mol. The van der Waals surface area contributed by atoms with Crippen LogP contribution < -0.4 is 26.2 Å². The normalized spacial score (nSPS) is 14.6. The highest BCUT2D eigenvalue weighted by Gasteiger charge is 2.54. The van der Waals surface area contributed by atoms with E-state index in [2.05, 4.69) is 346 Å². The number of hydrogen-bond donors (Lipinski definition) is 0. The van der Waals surface area contributed by atoms with Crippen LogP contribution in [0, 0.1) is 0 Å². The van der Waals surface area contributed by atoms with Gasteiger partial charge >= 0.3 is 0 Å². The summed E-state index contributed by atoms with van der Waals surface area (Å²) in [6, 6.07) is 119. The Balaban J connectivity index is 0.804. The van der Waals surface area contributed by atoms with Gasteiger partial charge in [0.2, 0.25) is 0 Å². The van der Waals surface area contributed by atoms with Gasteiger partial charge in [-0.2, -0.15) is 0 Å². The molecule has 470 valence electrons. The summed E-state index contributed by atoms with van der Waals surface area (Å²) in [6.07, 6.45) is 0. The van der Waals surface area contributed by atoms with E-state index in [-0.39, 0.29) is 12.1 Å². The summed E-state index contributed by atoms with van der Waals surface area (Å²) in [4.78, 5) is 5.23. The molecule has 2 spiro atoms. The lowest BCUT2D eigenvalue weighted by Crippen LogP contribution is -2.61. The zero-order chi connectivity index (χ0) is 66.4. The highest BCUT2D eigenvalue weighted by molar-refractivity contribution is 7.00. The van der Waals surface area contributed by atoms with E-state index < -0.39 is 10.8 Å². The minimum atomic E-state index is -0.520. The molecule has 6 aliphatic rings. The molecule has 0 saturated heterocycles. The van der Waals surface area contributed by atoms with Gasteiger partial charge in [-0.25, -0.2) is 0 Å². The largest absolute Gasteiger partial charge is 0.454 e. The van der Waals surface area contributed by atoms with Gasteiger partial charge in [-0.1, -0.05) is 288 Å². The third-order valence-corrected chi connectivity index (χ3v) is 23.9. The molecule has 0 fully saturated rings. The third-order valence-electron chi connectivity index (χ3n) is 23.9. The lowest BCUT2D eigenvalue weighted by atomic mass is 9.33. The Kier molecular flexibility index (Phi) is 10.8. The molecule has 23 rings (SSSR count). The van der Waals surface area contributed by atoms with Crippen LogP contribution in [0.15, 0.2) is 324 Å². The first kappa shape index (κ1) is 55.6. The quantitative estimate of drug-likeness (QED) is 0.164. The maximum absolute atomic E-state index is 7.44. The van der Waals surface area contributed by atoms with Crippen LogP contribution >= 0.6 is 0 Å². The second-order valence-electron chi connectivity index (χ2n) is 29.6. The molecular weight excluding hydrogens is 1220 g/mol. The minimum Gasteiger partial charge on any atom is -0.454 e. The average Bonchev–Trinajstić information content (AvgIpc) is 1.32. The lowest BCUT2D eigenvalue weighted by molar-refractivity contribution is 0.590. The Bertz CT molecular complexity index is 6060. The van der Waals surface area contributed by atoms with E-state index in [1.165, 1.54) is 100 Å². The Morgan fingerprint density at radius 1 is 0.277 bits per heavy atom. The Hall–Kier alpha value is -12.4. The fourth-order valence-corrected chi connectivity index (χ4v) is 19.8. The van der Waals surface area contributed by atoms with Gasteiger partial charge in [0.15, 0.2) is 11.2 Å². The van der Waals surface area contributed by atoms with Crippen molar-refractivity contribution in [1.29, 1.82) is 0 Å². The molecule has 0 amide bonds. The number of fused-ring (bicyclic) bond motifs is 32. The molecule has 0 atom stereocenters. The zero-order valence-corrected chi connectivity index (χ0v) is 55.8. The van der Waals surface area contributed by atoms with Crippen molar-refractivity contribution in [3.8, 4) is 66.8 Å². The highest BCUT2D eigenvalue weighted by atomic mass is 16.3. The Morgan fingerprint density at radius 3 is 0.960 bits per heavy atom. The summed E-state index contributed by atoms with van der Waals surface area (Å²) in [7, 11) is 0. The van der Waals surface area contributed by atoms with Crippen molar-refractivity contribution in [3.05, 3.63) is 366 Å². The number of rotatable bonds is 4. The molecule has 17 aromatic rings. The molecule has 0 radical (unpaired) electrons. The molecule has 4 nitrogen and oxygen atoms in total. The van der Waals surface area contributed by atoms with Crippen molar-refractivity contribution in [3.63, 3.8) is 0 Å². The van der Waals surface area contributed by atoms with Gasteiger partial charge in [-0.3, -0.25) is 0 Å². The second-order valence-corrected chi connectivity index (χ2v) is 29.6. The van der Waals surface area contributed by atoms with E-state index in [9.17, 15) is 0 Å². The topological polar surface area (TPSA) is 32.8 Å². The second kappa shape index (κ2) is 19.7. The maximum atomic E-state index is 7.44. The molecule has 0 bridgehead atoms. The van der Waals surface area contributed by atoms with Crippen molar-refractivity contribution in [2.45, 2.75) is 37.0 Å². The maximum Gasteiger partial charge on any atom is 0.252 e. The molecule has 0 saturated carbocycles. The van der Waals surface area contributed by atoms with Crippen LogP contribution in [0.3, 0.4) is 0 Å². The van der Waals surface area contributed by atoms with Gasteiger partial charge < -0.3 is 18.6 Å². The smallest absolute Gasteiger partial charge is 0.252 e. The van der Waals surface area contributed by atoms with E-state index in [4.69, 9.17) is 8.83 Å². The van der Waals surface area contributed by atoms with Gasteiger partial charge in [-0.05, 0) is 176 Å². The lowest BCUT2D eigenvalue weighted by Gasteiger charge is -2.45. The van der Waals surface area contributed by atoms with E-state index in [1.807, 2.05) is 0 Å². The number of anilines is 6. The summed E-state index contributed by atoms with van der Waals surface area (Å²) >= 11 is 0. The first-order valence-corrected chi connectivity index (χ1v) is 35.5. The van der Waals surface area contributed by atoms with Crippen LogP contribution in [-0.4, -0.2) is 6.71 Å². The number of para-hydroxylation sites is 4. The minimum absolute atomic E-state index is 0.261. The number of nitrogens with zero attached hydrogens (tertiary/aromatic N) is 2. The highest BCUT2D eigenvalue weighted by Crippen LogP contribution is 2.66. The molecule has 4 heterocycles. The Morgan fingerprint density at radius 2 is 0.594 bits per heavy atom. The van der Waals surface area contributed by atoms with Crippen LogP contribution in [0.2, 0.25) is 0 Å². The summed E-state index contributed by atoms with van der Waals surface area (Å²) in [5.41, 5.74) is 38.7. The van der Waals surface area contributed by atoms with Crippen molar-refractivity contribution in [1.82, 2.24) is 0 Å². The van der Waals surface area contributed by atoms with Crippen molar-refractivity contribution >= 4 is 101 Å². The Labute approximate surface area is 585 Å². The van der Waals surface area contributed by atoms with Gasteiger partial charge in [-0.15, -0.1) is 0 Å². The van der Waals surface area contributed by atoms with Crippen LogP contribution in [0.1, 0.15) is 70.8 Å². The fraction of sp³-hybridized carbons (Fsp3) is 0.0625. The molecule has 2 aliphatic heterocycles. The molecule has 4 aliphatic carbocycles. The van der Waals surface area contributed by atoms with Crippen LogP contribution in [-0.2, 0) is 16.2 Å². The first-order valence-electron chi connectivity index (χ1n) is 35.5. The molecule has 2 aromatic heterocycles. The molecule has 0 unspecified atom stereocenters. The number of benzene rings is 15. The number of hydrogen-bond acceptors (Lipinski definition) is 4. The summed E-state index contributed by atoms with van der Waals surface area (Å²) in [5.74, 6) is 0. The van der Waals surface area contributed by atoms with E-state index in [1.54, 1.807) is 0 Å². The molecular formula is C96H61BN2O2. The standard InChI is InChI=1S/C96H61BN2O2/c1-94(2,3)58-54-85-89-86(55-58)99(84-41-21-11-25-60(84)57-45-47-68-66-31-9-19-39-78(66)96(80(68)53-57)75-36-16-6-28-63(75)64-29-7-17-37-76(64)96)91-82(51-49-72-70-33-13-23-43-88(70)101-93(72)91)97(89)81-50-48-71-69-32-12-22-42-87(69)100-92(71)90(81)98(85)83-40-20-10-24-59(83)56-44-46-67-65-30-8-18-38-77(65)95(79(67)52-56)73-34-14-4-26-61(73)62-27-5-15-35-74(62)95/h4-55H,1-3H3. The van der Waals surface area contributed by atoms with Crippen molar-refractivity contribution in [2.75, 3.05) is 9.80 Å². The van der Waals surface area contributed by atoms with Gasteiger partial charge in [0, 0.05) is 44.0 Å². The van der Waals surface area contributed by atoms with Crippen LogP contribution in [0.25, 0.3) is 111 Å². The van der Waals surface area contributed by atoms with Crippen LogP contribution in [0.4, 0.5) is 34.1 Å². The van der Waals surface area contributed by atoms with Gasteiger partial charge in [0.1, 0.15) is 11.2 Å². The molecule has 15 aromatic carbocycles. The van der Waals surface area contributed by atoms with Crippen molar-refractivity contribution in [2.24, 2.45) is 0 Å². The van der Waals surface area contributed by atoms with E-state index in [0.29, 0.717) is 0 Å².